The molecule has 2 heterocycles. The summed E-state index contributed by atoms with van der Waals surface area (Å²) in [6.07, 6.45) is 2.50. The second-order valence-electron chi connectivity index (χ2n) is 6.80. The van der Waals surface area contributed by atoms with Gasteiger partial charge in [0.1, 0.15) is 5.69 Å². The van der Waals surface area contributed by atoms with Crippen molar-refractivity contribution in [3.8, 4) is 0 Å². The van der Waals surface area contributed by atoms with Crippen molar-refractivity contribution in [3.63, 3.8) is 0 Å². The van der Waals surface area contributed by atoms with Gasteiger partial charge in [-0.1, -0.05) is 24.3 Å². The third-order valence-electron chi connectivity index (χ3n) is 4.78. The fourth-order valence-electron chi connectivity index (χ4n) is 3.13. The summed E-state index contributed by atoms with van der Waals surface area (Å²) in [5, 5.41) is 3.11. The SMILES string of the molecule is Cc1cc2c(cc(C(=O)NCC3CC3)n2Cc2ccccc2C)s1. The second-order valence-corrected chi connectivity index (χ2v) is 8.09. The third kappa shape index (κ3) is 2.98. The van der Waals surface area contributed by atoms with E-state index in [1.807, 2.05) is 6.07 Å². The highest BCUT2D eigenvalue weighted by molar-refractivity contribution is 7.19. The van der Waals surface area contributed by atoms with Crippen LogP contribution in [-0.4, -0.2) is 17.0 Å². The molecule has 0 atom stereocenters. The van der Waals surface area contributed by atoms with Crippen LogP contribution >= 0.6 is 11.3 Å². The topological polar surface area (TPSA) is 34.0 Å². The van der Waals surface area contributed by atoms with Gasteiger partial charge in [-0.2, -0.15) is 0 Å². The maximum atomic E-state index is 12.7. The van der Waals surface area contributed by atoms with Crippen LogP contribution in [0.1, 0.15) is 39.3 Å². The van der Waals surface area contributed by atoms with Crippen LogP contribution in [-0.2, 0) is 6.54 Å². The summed E-state index contributed by atoms with van der Waals surface area (Å²) in [5.41, 5.74) is 4.46. The van der Waals surface area contributed by atoms with Gasteiger partial charge in [-0.15, -0.1) is 11.3 Å². The monoisotopic (exact) mass is 338 g/mol. The van der Waals surface area contributed by atoms with Crippen LogP contribution in [0.2, 0.25) is 0 Å². The quantitative estimate of drug-likeness (QED) is 0.730. The highest BCUT2D eigenvalue weighted by atomic mass is 32.1. The molecule has 0 unspecified atom stereocenters. The first-order valence-corrected chi connectivity index (χ1v) is 9.36. The lowest BCUT2D eigenvalue weighted by Crippen LogP contribution is -2.28. The molecule has 4 rings (SSSR count). The molecule has 0 radical (unpaired) electrons. The van der Waals surface area contributed by atoms with E-state index in [-0.39, 0.29) is 5.91 Å². The first-order valence-electron chi connectivity index (χ1n) is 8.54. The summed E-state index contributed by atoms with van der Waals surface area (Å²) >= 11 is 1.76. The van der Waals surface area contributed by atoms with Crippen LogP contribution < -0.4 is 5.32 Å². The van der Waals surface area contributed by atoms with Crippen LogP contribution in [0, 0.1) is 19.8 Å². The molecule has 1 aromatic carbocycles. The van der Waals surface area contributed by atoms with Gasteiger partial charge in [0.25, 0.3) is 5.91 Å². The fourth-order valence-corrected chi connectivity index (χ4v) is 4.09. The van der Waals surface area contributed by atoms with E-state index in [0.717, 1.165) is 24.3 Å². The Hall–Kier alpha value is -2.07. The minimum atomic E-state index is 0.0523. The molecule has 3 nitrogen and oxygen atoms in total. The first kappa shape index (κ1) is 15.5. The minimum Gasteiger partial charge on any atom is -0.350 e. The van der Waals surface area contributed by atoms with Crippen molar-refractivity contribution < 1.29 is 4.79 Å². The van der Waals surface area contributed by atoms with Gasteiger partial charge < -0.3 is 9.88 Å². The normalized spacial score (nSPS) is 14.2. The van der Waals surface area contributed by atoms with Crippen LogP contribution in [0.4, 0.5) is 0 Å². The van der Waals surface area contributed by atoms with Crippen molar-refractivity contribution in [3.05, 3.63) is 58.1 Å². The van der Waals surface area contributed by atoms with Gasteiger partial charge in [-0.3, -0.25) is 4.79 Å². The summed E-state index contributed by atoms with van der Waals surface area (Å²) in [6.45, 7) is 5.79. The molecule has 1 aliphatic carbocycles. The second kappa shape index (κ2) is 6.10. The third-order valence-corrected chi connectivity index (χ3v) is 5.77. The lowest BCUT2D eigenvalue weighted by molar-refractivity contribution is 0.0943. The van der Waals surface area contributed by atoms with Crippen molar-refractivity contribution in [2.75, 3.05) is 6.54 Å². The molecule has 0 aliphatic heterocycles. The van der Waals surface area contributed by atoms with E-state index < -0.39 is 0 Å². The number of hydrogen-bond acceptors (Lipinski definition) is 2. The Morgan fingerprint density at radius 3 is 2.79 bits per heavy atom. The van der Waals surface area contributed by atoms with Crippen molar-refractivity contribution in [2.45, 2.75) is 33.2 Å². The van der Waals surface area contributed by atoms with Gasteiger partial charge in [0.15, 0.2) is 0 Å². The number of fused-ring (bicyclic) bond motifs is 1. The Kier molecular flexibility index (Phi) is 3.93. The molecule has 0 bridgehead atoms. The molecular weight excluding hydrogens is 316 g/mol. The molecule has 1 aliphatic rings. The smallest absolute Gasteiger partial charge is 0.267 e. The molecule has 124 valence electrons. The summed E-state index contributed by atoms with van der Waals surface area (Å²) in [4.78, 5) is 14.0. The molecule has 1 fully saturated rings. The van der Waals surface area contributed by atoms with Crippen molar-refractivity contribution in [1.29, 1.82) is 0 Å². The lowest BCUT2D eigenvalue weighted by atomic mass is 10.1. The van der Waals surface area contributed by atoms with Gasteiger partial charge in [-0.05, 0) is 55.9 Å². The Morgan fingerprint density at radius 1 is 1.25 bits per heavy atom. The van der Waals surface area contributed by atoms with E-state index >= 15 is 0 Å². The molecule has 0 spiro atoms. The number of aromatic nitrogens is 1. The van der Waals surface area contributed by atoms with Crippen molar-refractivity contribution in [1.82, 2.24) is 9.88 Å². The summed E-state index contributed by atoms with van der Waals surface area (Å²) in [7, 11) is 0. The van der Waals surface area contributed by atoms with E-state index in [2.05, 4.69) is 54.1 Å². The zero-order chi connectivity index (χ0) is 16.7. The Labute approximate surface area is 146 Å². The highest BCUT2D eigenvalue weighted by Gasteiger charge is 2.23. The standard InChI is InChI=1S/C20H22N2OS/c1-13-5-3-4-6-16(13)12-22-17-9-14(2)24-19(17)10-18(22)20(23)21-11-15-7-8-15/h3-6,9-10,15H,7-8,11-12H2,1-2H3,(H,21,23). The number of nitrogens with one attached hydrogen (secondary N) is 1. The van der Waals surface area contributed by atoms with E-state index in [4.69, 9.17) is 0 Å². The number of carbonyl (C=O) groups is 1. The molecule has 4 heteroatoms. The summed E-state index contributed by atoms with van der Waals surface area (Å²) in [6, 6.07) is 12.6. The van der Waals surface area contributed by atoms with Crippen LogP contribution in [0.3, 0.4) is 0 Å². The zero-order valence-electron chi connectivity index (χ0n) is 14.1. The molecule has 0 saturated heterocycles. The van der Waals surface area contributed by atoms with Gasteiger partial charge in [-0.25, -0.2) is 0 Å². The number of benzene rings is 1. The molecule has 3 aromatic rings. The van der Waals surface area contributed by atoms with Gasteiger partial charge >= 0.3 is 0 Å². The van der Waals surface area contributed by atoms with E-state index in [1.54, 1.807) is 11.3 Å². The summed E-state index contributed by atoms with van der Waals surface area (Å²) in [5.74, 6) is 0.744. The summed E-state index contributed by atoms with van der Waals surface area (Å²) < 4.78 is 3.36. The zero-order valence-corrected chi connectivity index (χ0v) is 15.0. The van der Waals surface area contributed by atoms with Crippen LogP contribution in [0.5, 0.6) is 0 Å². The van der Waals surface area contributed by atoms with Crippen molar-refractivity contribution in [2.24, 2.45) is 5.92 Å². The molecule has 1 amide bonds. The number of hydrogen-bond donors (Lipinski definition) is 1. The number of thiophene rings is 1. The maximum Gasteiger partial charge on any atom is 0.267 e. The number of amides is 1. The van der Waals surface area contributed by atoms with Crippen molar-refractivity contribution >= 4 is 27.5 Å². The molecule has 1 N–H and O–H groups in total. The number of carbonyl (C=O) groups excluding carboxylic acids is 1. The van der Waals surface area contributed by atoms with E-state index in [0.29, 0.717) is 5.92 Å². The average molecular weight is 338 g/mol. The number of rotatable bonds is 5. The Morgan fingerprint density at radius 2 is 2.04 bits per heavy atom. The fraction of sp³-hybridized carbons (Fsp3) is 0.350. The molecule has 24 heavy (non-hydrogen) atoms. The largest absolute Gasteiger partial charge is 0.350 e. The maximum absolute atomic E-state index is 12.7. The van der Waals surface area contributed by atoms with Gasteiger partial charge in [0, 0.05) is 18.0 Å². The van der Waals surface area contributed by atoms with Gasteiger partial charge in [0.05, 0.1) is 10.2 Å². The molecule has 1 saturated carbocycles. The van der Waals surface area contributed by atoms with Crippen LogP contribution in [0.15, 0.2) is 36.4 Å². The molecule has 2 aromatic heterocycles. The first-order chi connectivity index (χ1) is 11.6. The Bertz CT molecular complexity index is 902. The Balaban J connectivity index is 1.71. The van der Waals surface area contributed by atoms with Gasteiger partial charge in [0.2, 0.25) is 0 Å². The molecular formula is C20H22N2OS. The van der Waals surface area contributed by atoms with E-state index in [9.17, 15) is 4.79 Å². The van der Waals surface area contributed by atoms with E-state index in [1.165, 1.54) is 33.5 Å². The minimum absolute atomic E-state index is 0.0523. The average Bonchev–Trinajstić information content (AvgIpc) is 3.24. The lowest BCUT2D eigenvalue weighted by Gasteiger charge is -2.12. The predicted molar refractivity (Wildman–Crippen MR) is 99.9 cm³/mol. The number of aryl methyl sites for hydroxylation is 2. The van der Waals surface area contributed by atoms with Crippen LogP contribution in [0.25, 0.3) is 10.2 Å². The highest BCUT2D eigenvalue weighted by Crippen LogP contribution is 2.30. The predicted octanol–water partition coefficient (Wildman–Crippen LogP) is 4.51. The number of nitrogens with zero attached hydrogens (tertiary/aromatic N) is 1.